The molecule has 1 saturated heterocycles. The van der Waals surface area contributed by atoms with Crippen molar-refractivity contribution in [2.24, 2.45) is 0 Å². The van der Waals surface area contributed by atoms with E-state index in [1.807, 2.05) is 6.07 Å². The van der Waals surface area contributed by atoms with Gasteiger partial charge in [0, 0.05) is 24.3 Å². The number of amides is 4. The van der Waals surface area contributed by atoms with Crippen molar-refractivity contribution in [3.05, 3.63) is 53.6 Å². The Bertz CT molecular complexity index is 888. The number of imide groups is 1. The lowest BCUT2D eigenvalue weighted by Gasteiger charge is -2.19. The number of nitrogens with one attached hydrogen (secondary N) is 3. The molecule has 0 saturated carbocycles. The highest BCUT2D eigenvalue weighted by Crippen LogP contribution is 2.31. The van der Waals surface area contributed by atoms with Gasteiger partial charge in [0.05, 0.1) is 10.7 Å². The molecule has 1 heterocycles. The predicted octanol–water partition coefficient (Wildman–Crippen LogP) is 3.62. The quantitative estimate of drug-likeness (QED) is 0.715. The molecule has 28 heavy (non-hydrogen) atoms. The number of hydrogen-bond donors (Lipinski definition) is 3. The van der Waals surface area contributed by atoms with Gasteiger partial charge in [-0.15, -0.1) is 0 Å². The number of rotatable bonds is 5. The normalized spacial score (nSPS) is 14.5. The van der Waals surface area contributed by atoms with Crippen molar-refractivity contribution in [2.75, 3.05) is 22.1 Å². The Balaban J connectivity index is 1.57. The number of nitrogens with zero attached hydrogens (tertiary/aromatic N) is 1. The molecule has 0 spiro atoms. The van der Waals surface area contributed by atoms with Gasteiger partial charge >= 0.3 is 6.03 Å². The summed E-state index contributed by atoms with van der Waals surface area (Å²) in [5.74, 6) is -0.428. The summed E-state index contributed by atoms with van der Waals surface area (Å²) in [7, 11) is 0. The highest BCUT2D eigenvalue weighted by Gasteiger charge is 2.24. The minimum Gasteiger partial charge on any atom is -0.374 e. The number of urea groups is 1. The summed E-state index contributed by atoms with van der Waals surface area (Å²) in [6.45, 7) is 2.29. The van der Waals surface area contributed by atoms with Crippen LogP contribution >= 0.6 is 11.6 Å². The Morgan fingerprint density at radius 2 is 1.86 bits per heavy atom. The molecule has 3 N–H and O–H groups in total. The van der Waals surface area contributed by atoms with E-state index in [0.29, 0.717) is 35.1 Å². The van der Waals surface area contributed by atoms with Crippen molar-refractivity contribution in [3.8, 4) is 0 Å². The minimum atomic E-state index is -0.670. The van der Waals surface area contributed by atoms with Gasteiger partial charge in [-0.25, -0.2) is 4.79 Å². The number of hydrogen-bond acceptors (Lipinski definition) is 4. The summed E-state index contributed by atoms with van der Waals surface area (Å²) in [4.78, 5) is 37.7. The maximum Gasteiger partial charge on any atom is 0.325 e. The Morgan fingerprint density at radius 3 is 2.50 bits per heavy atom. The van der Waals surface area contributed by atoms with E-state index in [1.165, 1.54) is 0 Å². The Hall–Kier alpha value is -3.06. The minimum absolute atomic E-state index is 0.0554. The average molecular weight is 401 g/mol. The van der Waals surface area contributed by atoms with Crippen molar-refractivity contribution in [3.63, 3.8) is 0 Å². The zero-order valence-corrected chi connectivity index (χ0v) is 16.1. The first kappa shape index (κ1) is 19.7. The van der Waals surface area contributed by atoms with E-state index >= 15 is 0 Å². The molecule has 7 nitrogen and oxygen atoms in total. The number of anilines is 3. The average Bonchev–Trinajstić information content (AvgIpc) is 3.08. The molecule has 1 atom stereocenters. The first-order valence-corrected chi connectivity index (χ1v) is 9.35. The van der Waals surface area contributed by atoms with Crippen LogP contribution in [-0.2, 0) is 9.59 Å². The number of para-hydroxylation sites is 1. The zero-order chi connectivity index (χ0) is 20.1. The van der Waals surface area contributed by atoms with Gasteiger partial charge in [-0.3, -0.25) is 14.9 Å². The predicted molar refractivity (Wildman–Crippen MR) is 110 cm³/mol. The third-order valence-electron chi connectivity index (χ3n) is 4.36. The van der Waals surface area contributed by atoms with Crippen LogP contribution < -0.4 is 20.9 Å². The van der Waals surface area contributed by atoms with Crippen LogP contribution in [0.25, 0.3) is 0 Å². The van der Waals surface area contributed by atoms with E-state index in [2.05, 4.69) is 16.0 Å². The standard InChI is InChI=1S/C20H21ClN4O3/c1-13(19(27)24-20(28)23-14-6-3-2-4-7-14)22-15-9-10-17(16(21)12-15)25-11-5-8-18(25)26/h2-4,6-7,9-10,12-13,22H,5,8,11H2,1H3,(H2,23,24,27,28). The fraction of sp³-hybridized carbons (Fsp3) is 0.250. The van der Waals surface area contributed by atoms with Crippen LogP contribution in [0, 0.1) is 0 Å². The Labute approximate surface area is 168 Å². The first-order chi connectivity index (χ1) is 13.4. The molecule has 8 heteroatoms. The van der Waals surface area contributed by atoms with E-state index in [4.69, 9.17) is 11.6 Å². The summed E-state index contributed by atoms with van der Waals surface area (Å²) in [6, 6.07) is 12.7. The molecule has 0 radical (unpaired) electrons. The topological polar surface area (TPSA) is 90.5 Å². The lowest BCUT2D eigenvalue weighted by molar-refractivity contribution is -0.120. The third-order valence-corrected chi connectivity index (χ3v) is 4.66. The molecule has 0 bridgehead atoms. The maximum atomic E-state index is 12.2. The van der Waals surface area contributed by atoms with Crippen molar-refractivity contribution in [2.45, 2.75) is 25.8 Å². The fourth-order valence-electron chi connectivity index (χ4n) is 2.94. The van der Waals surface area contributed by atoms with Gasteiger partial charge in [-0.1, -0.05) is 29.8 Å². The summed E-state index contributed by atoms with van der Waals surface area (Å²) in [5, 5.41) is 8.30. The lowest BCUT2D eigenvalue weighted by Crippen LogP contribution is -2.42. The SMILES string of the molecule is CC(Nc1ccc(N2CCCC2=O)c(Cl)c1)C(=O)NC(=O)Nc1ccccc1. The second-order valence-electron chi connectivity index (χ2n) is 6.49. The molecular weight excluding hydrogens is 380 g/mol. The van der Waals surface area contributed by atoms with Crippen LogP contribution in [0.1, 0.15) is 19.8 Å². The van der Waals surface area contributed by atoms with Gasteiger partial charge < -0.3 is 15.5 Å². The van der Waals surface area contributed by atoms with E-state index < -0.39 is 18.0 Å². The third kappa shape index (κ3) is 4.80. The van der Waals surface area contributed by atoms with Crippen LogP contribution in [0.3, 0.4) is 0 Å². The summed E-state index contributed by atoms with van der Waals surface area (Å²) in [6.07, 6.45) is 1.34. The van der Waals surface area contributed by atoms with Crippen molar-refractivity contribution in [1.29, 1.82) is 0 Å². The van der Waals surface area contributed by atoms with E-state index in [0.717, 1.165) is 6.42 Å². The second-order valence-corrected chi connectivity index (χ2v) is 6.90. The van der Waals surface area contributed by atoms with E-state index in [1.54, 1.807) is 54.3 Å². The van der Waals surface area contributed by atoms with Crippen LogP contribution in [0.15, 0.2) is 48.5 Å². The number of carbonyl (C=O) groups excluding carboxylic acids is 3. The number of halogens is 1. The van der Waals surface area contributed by atoms with Gasteiger partial charge in [0.15, 0.2) is 0 Å². The van der Waals surface area contributed by atoms with Gasteiger partial charge in [0.1, 0.15) is 6.04 Å². The van der Waals surface area contributed by atoms with E-state index in [-0.39, 0.29) is 5.91 Å². The van der Waals surface area contributed by atoms with Crippen LogP contribution in [0.4, 0.5) is 21.9 Å². The Morgan fingerprint density at radius 1 is 1.11 bits per heavy atom. The van der Waals surface area contributed by atoms with Gasteiger partial charge in [-0.2, -0.15) is 0 Å². The highest BCUT2D eigenvalue weighted by atomic mass is 35.5. The lowest BCUT2D eigenvalue weighted by atomic mass is 10.2. The first-order valence-electron chi connectivity index (χ1n) is 8.97. The molecule has 0 aromatic heterocycles. The van der Waals surface area contributed by atoms with Crippen LogP contribution in [0.2, 0.25) is 5.02 Å². The molecule has 3 rings (SSSR count). The van der Waals surface area contributed by atoms with E-state index in [9.17, 15) is 14.4 Å². The molecule has 2 aromatic carbocycles. The second kappa shape index (κ2) is 8.75. The van der Waals surface area contributed by atoms with Crippen LogP contribution in [-0.4, -0.2) is 30.4 Å². The molecule has 1 aliphatic rings. The summed E-state index contributed by atoms with van der Waals surface area (Å²) in [5.41, 5.74) is 1.87. The van der Waals surface area contributed by atoms with Crippen molar-refractivity contribution >= 4 is 46.5 Å². The maximum absolute atomic E-state index is 12.2. The molecule has 4 amide bonds. The smallest absolute Gasteiger partial charge is 0.325 e. The van der Waals surface area contributed by atoms with Crippen LogP contribution in [0.5, 0.6) is 0 Å². The van der Waals surface area contributed by atoms with Gasteiger partial charge in [0.2, 0.25) is 11.8 Å². The molecular formula is C20H21ClN4O3. The molecule has 1 unspecified atom stereocenters. The molecule has 1 aliphatic heterocycles. The zero-order valence-electron chi connectivity index (χ0n) is 15.4. The largest absolute Gasteiger partial charge is 0.374 e. The monoisotopic (exact) mass is 400 g/mol. The summed E-state index contributed by atoms with van der Waals surface area (Å²) < 4.78 is 0. The van der Waals surface area contributed by atoms with Gasteiger partial charge in [-0.05, 0) is 43.7 Å². The Kier molecular flexibility index (Phi) is 6.16. The number of carbonyl (C=O) groups is 3. The van der Waals surface area contributed by atoms with Crippen molar-refractivity contribution < 1.29 is 14.4 Å². The highest BCUT2D eigenvalue weighted by molar-refractivity contribution is 6.34. The molecule has 146 valence electrons. The summed E-state index contributed by atoms with van der Waals surface area (Å²) >= 11 is 6.31. The number of benzene rings is 2. The molecule has 0 aliphatic carbocycles. The van der Waals surface area contributed by atoms with Crippen molar-refractivity contribution in [1.82, 2.24) is 5.32 Å². The molecule has 1 fully saturated rings. The fourth-order valence-corrected chi connectivity index (χ4v) is 3.22. The molecule has 2 aromatic rings. The van der Waals surface area contributed by atoms with Gasteiger partial charge in [0.25, 0.3) is 0 Å².